The quantitative estimate of drug-likeness (QED) is 0.648. The maximum absolute atomic E-state index is 12.0. The molecule has 1 aromatic carbocycles. The van der Waals surface area contributed by atoms with E-state index in [1.807, 2.05) is 19.1 Å². The van der Waals surface area contributed by atoms with Crippen LogP contribution in [0.3, 0.4) is 0 Å². The van der Waals surface area contributed by atoms with Crippen LogP contribution in [-0.4, -0.2) is 49.2 Å². The smallest absolute Gasteiger partial charge is 0.241 e. The minimum absolute atomic E-state index is 0.0728. The van der Waals surface area contributed by atoms with Gasteiger partial charge in [-0.15, -0.1) is 0 Å². The highest BCUT2D eigenvalue weighted by molar-refractivity contribution is 5.96. The van der Waals surface area contributed by atoms with Gasteiger partial charge >= 0.3 is 0 Å². The summed E-state index contributed by atoms with van der Waals surface area (Å²) in [5.74, 6) is 0.591. The first-order valence-corrected chi connectivity index (χ1v) is 8.62. The zero-order valence-electron chi connectivity index (χ0n) is 14.5. The van der Waals surface area contributed by atoms with Crippen molar-refractivity contribution in [2.24, 2.45) is 5.10 Å². The number of rotatable bonds is 6. The van der Waals surface area contributed by atoms with E-state index >= 15 is 0 Å². The molecular weight excluding hydrogens is 316 g/mol. The van der Waals surface area contributed by atoms with Crippen LogP contribution in [0.1, 0.15) is 19.1 Å². The summed E-state index contributed by atoms with van der Waals surface area (Å²) in [6.45, 7) is 6.47. The normalized spacial score (nSPS) is 16.0. The Kier molecular flexibility index (Phi) is 5.85. The Morgan fingerprint density at radius 2 is 1.88 bits per heavy atom. The molecule has 0 aliphatic carbocycles. The second-order valence-electron chi connectivity index (χ2n) is 6.12. The number of carbonyl (C=O) groups excluding carboxylic acids is 1. The molecule has 2 aromatic rings. The summed E-state index contributed by atoms with van der Waals surface area (Å²) in [5.41, 5.74) is 4.53. The molecule has 25 heavy (non-hydrogen) atoms. The Labute approximate surface area is 148 Å². The molecule has 0 unspecified atom stereocenters. The lowest BCUT2D eigenvalue weighted by molar-refractivity contribution is -0.121. The highest BCUT2D eigenvalue weighted by atomic mass is 16.3. The number of furan rings is 1. The fourth-order valence-corrected chi connectivity index (χ4v) is 2.87. The maximum atomic E-state index is 12.0. The number of amides is 1. The number of carbonyl (C=O) groups is 1. The Hall–Kier alpha value is -2.60. The van der Waals surface area contributed by atoms with Gasteiger partial charge in [0.15, 0.2) is 0 Å². The highest BCUT2D eigenvalue weighted by Gasteiger charge is 2.17. The summed E-state index contributed by atoms with van der Waals surface area (Å²) in [6, 6.07) is 14.1. The van der Waals surface area contributed by atoms with Gasteiger partial charge in [0.05, 0.1) is 6.26 Å². The highest BCUT2D eigenvalue weighted by Crippen LogP contribution is 2.15. The molecule has 6 nitrogen and oxygen atoms in total. The van der Waals surface area contributed by atoms with Crippen LogP contribution in [0.25, 0.3) is 0 Å². The van der Waals surface area contributed by atoms with Crippen LogP contribution in [-0.2, 0) is 4.79 Å². The molecule has 1 aliphatic rings. The molecule has 0 radical (unpaired) electrons. The van der Waals surface area contributed by atoms with Crippen molar-refractivity contribution in [2.45, 2.75) is 13.3 Å². The van der Waals surface area contributed by atoms with E-state index in [0.29, 0.717) is 17.9 Å². The van der Waals surface area contributed by atoms with Gasteiger partial charge in [-0.05, 0) is 31.2 Å². The lowest BCUT2D eigenvalue weighted by Crippen LogP contribution is -2.47. The fraction of sp³-hybridized carbons (Fsp3) is 0.368. The Morgan fingerprint density at radius 3 is 2.56 bits per heavy atom. The van der Waals surface area contributed by atoms with Crippen molar-refractivity contribution in [3.05, 3.63) is 54.5 Å². The van der Waals surface area contributed by atoms with E-state index in [1.54, 1.807) is 12.3 Å². The van der Waals surface area contributed by atoms with Crippen LogP contribution >= 0.6 is 0 Å². The van der Waals surface area contributed by atoms with Gasteiger partial charge in [0, 0.05) is 44.8 Å². The fourth-order valence-electron chi connectivity index (χ4n) is 2.87. The maximum Gasteiger partial charge on any atom is 0.241 e. The third kappa shape index (κ3) is 4.93. The number of para-hydroxylation sites is 1. The van der Waals surface area contributed by atoms with E-state index in [0.717, 1.165) is 32.7 Å². The van der Waals surface area contributed by atoms with Crippen molar-refractivity contribution in [3.8, 4) is 0 Å². The predicted octanol–water partition coefficient (Wildman–Crippen LogP) is 2.33. The number of nitrogens with zero attached hydrogens (tertiary/aromatic N) is 3. The van der Waals surface area contributed by atoms with Crippen LogP contribution in [0, 0.1) is 0 Å². The second-order valence-corrected chi connectivity index (χ2v) is 6.12. The van der Waals surface area contributed by atoms with E-state index in [1.165, 1.54) is 5.69 Å². The summed E-state index contributed by atoms with van der Waals surface area (Å²) in [6.07, 6.45) is 2.03. The van der Waals surface area contributed by atoms with Crippen LogP contribution in [0.2, 0.25) is 0 Å². The number of hydrogen-bond donors (Lipinski definition) is 1. The standard InChI is InChI=1S/C19H24N4O2/c1-16(18-8-5-15-25-18)20-21-19(24)9-10-22-11-13-23(14-12-22)17-6-3-2-4-7-17/h2-8,15H,9-14H2,1H3,(H,21,24)/b20-16-. The van der Waals surface area contributed by atoms with Crippen molar-refractivity contribution in [1.82, 2.24) is 10.3 Å². The van der Waals surface area contributed by atoms with Crippen molar-refractivity contribution < 1.29 is 9.21 Å². The predicted molar refractivity (Wildman–Crippen MR) is 98.8 cm³/mol. The van der Waals surface area contributed by atoms with Gasteiger partial charge in [-0.3, -0.25) is 9.69 Å². The van der Waals surface area contributed by atoms with Crippen molar-refractivity contribution >= 4 is 17.3 Å². The second kappa shape index (κ2) is 8.48. The summed E-state index contributed by atoms with van der Waals surface area (Å²) in [5, 5.41) is 4.08. The third-order valence-electron chi connectivity index (χ3n) is 4.37. The Bertz CT molecular complexity index is 689. The Balaban J connectivity index is 1.38. The van der Waals surface area contributed by atoms with Crippen molar-refractivity contribution in [3.63, 3.8) is 0 Å². The Morgan fingerprint density at radius 1 is 1.12 bits per heavy atom. The molecule has 1 aliphatic heterocycles. The number of nitrogens with one attached hydrogen (secondary N) is 1. The van der Waals surface area contributed by atoms with Gasteiger partial charge in [-0.1, -0.05) is 18.2 Å². The first kappa shape index (κ1) is 17.2. The first-order valence-electron chi connectivity index (χ1n) is 8.62. The first-order chi connectivity index (χ1) is 12.2. The third-order valence-corrected chi connectivity index (χ3v) is 4.37. The summed E-state index contributed by atoms with van der Waals surface area (Å²) in [7, 11) is 0. The van der Waals surface area contributed by atoms with Crippen LogP contribution in [0.4, 0.5) is 5.69 Å². The van der Waals surface area contributed by atoms with Crippen LogP contribution < -0.4 is 10.3 Å². The molecule has 1 amide bonds. The number of benzene rings is 1. The monoisotopic (exact) mass is 340 g/mol. The average molecular weight is 340 g/mol. The molecule has 0 spiro atoms. The molecule has 2 heterocycles. The summed E-state index contributed by atoms with van der Waals surface area (Å²) < 4.78 is 5.23. The van der Waals surface area contributed by atoms with E-state index in [9.17, 15) is 4.79 Å². The van der Waals surface area contributed by atoms with Gasteiger partial charge in [0.2, 0.25) is 5.91 Å². The lowest BCUT2D eigenvalue weighted by atomic mass is 10.2. The van der Waals surface area contributed by atoms with Gasteiger partial charge < -0.3 is 9.32 Å². The van der Waals surface area contributed by atoms with Crippen LogP contribution in [0.15, 0.2) is 58.2 Å². The van der Waals surface area contributed by atoms with Gasteiger partial charge in [0.25, 0.3) is 0 Å². The molecule has 6 heteroatoms. The van der Waals surface area contributed by atoms with Crippen molar-refractivity contribution in [2.75, 3.05) is 37.6 Å². The van der Waals surface area contributed by atoms with Gasteiger partial charge in [0.1, 0.15) is 11.5 Å². The number of piperazine rings is 1. The minimum atomic E-state index is -0.0728. The number of hydrazone groups is 1. The minimum Gasteiger partial charge on any atom is -0.463 e. The van der Waals surface area contributed by atoms with E-state index in [2.05, 4.69) is 44.6 Å². The van der Waals surface area contributed by atoms with E-state index in [4.69, 9.17) is 4.42 Å². The number of hydrogen-bond acceptors (Lipinski definition) is 5. The topological polar surface area (TPSA) is 61.1 Å². The van der Waals surface area contributed by atoms with Crippen molar-refractivity contribution in [1.29, 1.82) is 0 Å². The summed E-state index contributed by atoms with van der Waals surface area (Å²) >= 11 is 0. The molecule has 0 saturated carbocycles. The summed E-state index contributed by atoms with van der Waals surface area (Å²) in [4.78, 5) is 16.7. The van der Waals surface area contributed by atoms with Crippen LogP contribution in [0.5, 0.6) is 0 Å². The molecule has 0 bridgehead atoms. The number of anilines is 1. The zero-order chi connectivity index (χ0) is 17.5. The molecule has 0 atom stereocenters. The van der Waals surface area contributed by atoms with Gasteiger partial charge in [-0.25, -0.2) is 5.43 Å². The molecule has 1 saturated heterocycles. The molecule has 3 rings (SSSR count). The van der Waals surface area contributed by atoms with E-state index < -0.39 is 0 Å². The average Bonchev–Trinajstić information content (AvgIpc) is 3.20. The molecule has 1 fully saturated rings. The van der Waals surface area contributed by atoms with E-state index in [-0.39, 0.29) is 5.91 Å². The zero-order valence-corrected chi connectivity index (χ0v) is 14.5. The molecule has 132 valence electrons. The molecule has 1 aromatic heterocycles. The molecular formula is C19H24N4O2. The lowest BCUT2D eigenvalue weighted by Gasteiger charge is -2.36. The largest absolute Gasteiger partial charge is 0.463 e. The molecule has 1 N–H and O–H groups in total. The van der Waals surface area contributed by atoms with Gasteiger partial charge in [-0.2, -0.15) is 5.10 Å². The SMILES string of the molecule is C/C(=N/NC(=O)CCN1CCN(c2ccccc2)CC1)c1ccco1.